The smallest absolute Gasteiger partial charge is 0.416 e. The molecule has 0 bridgehead atoms. The normalized spacial score (nSPS) is 12.4. The number of carbonyl (C=O) groups excluding carboxylic acids is 3. The summed E-state index contributed by atoms with van der Waals surface area (Å²) in [6.07, 6.45) is -4.50. The fourth-order valence-corrected chi connectivity index (χ4v) is 3.40. The molecule has 0 fully saturated rings. The Kier molecular flexibility index (Phi) is 6.98. The molecule has 31 heavy (non-hydrogen) atoms. The number of Topliss-reactive ketones (excluding diaryl/α,β-unsaturated/α-hetero) is 1. The maximum absolute atomic E-state index is 13.2. The number of alkyl halides is 3. The summed E-state index contributed by atoms with van der Waals surface area (Å²) in [7, 11) is 3.05. The van der Waals surface area contributed by atoms with Gasteiger partial charge in [-0.05, 0) is 57.5 Å². The number of halogens is 3. The minimum absolute atomic E-state index is 0.0314. The Balaban J connectivity index is 2.31. The number of amides is 1. The number of ketones is 1. The van der Waals surface area contributed by atoms with E-state index in [1.54, 1.807) is 32.4 Å². The molecule has 0 saturated carbocycles. The SMILES string of the molecule is CCOC(=O)c1c(C)c(C(=O)C(C)N(C)C(=O)c2ccc(C(F)(F)F)cc2)c(C)n1C. The topological polar surface area (TPSA) is 68.6 Å². The zero-order chi connectivity index (χ0) is 23.7. The third-order valence-corrected chi connectivity index (χ3v) is 5.39. The molecule has 6 nitrogen and oxygen atoms in total. The summed E-state index contributed by atoms with van der Waals surface area (Å²) in [5.41, 5.74) is 0.733. The first kappa shape index (κ1) is 24.2. The van der Waals surface area contributed by atoms with Crippen molar-refractivity contribution in [3.05, 3.63) is 57.9 Å². The van der Waals surface area contributed by atoms with E-state index in [2.05, 4.69) is 0 Å². The number of hydrogen-bond acceptors (Lipinski definition) is 4. The van der Waals surface area contributed by atoms with Gasteiger partial charge >= 0.3 is 12.1 Å². The summed E-state index contributed by atoms with van der Waals surface area (Å²) in [5, 5.41) is 0. The fourth-order valence-electron chi connectivity index (χ4n) is 3.40. The Bertz CT molecular complexity index is 1010. The number of nitrogens with zero attached hydrogens (tertiary/aromatic N) is 2. The van der Waals surface area contributed by atoms with Crippen LogP contribution < -0.4 is 0 Å². The first-order chi connectivity index (χ1) is 14.3. The molecule has 1 amide bonds. The first-order valence-corrected chi connectivity index (χ1v) is 9.64. The van der Waals surface area contributed by atoms with Crippen LogP contribution in [0.4, 0.5) is 13.2 Å². The molecule has 0 aliphatic heterocycles. The van der Waals surface area contributed by atoms with Crippen molar-refractivity contribution in [2.24, 2.45) is 7.05 Å². The van der Waals surface area contributed by atoms with Crippen LogP contribution in [0.1, 0.15) is 61.9 Å². The van der Waals surface area contributed by atoms with Gasteiger partial charge in [0.15, 0.2) is 5.78 Å². The number of aromatic nitrogens is 1. The van der Waals surface area contributed by atoms with E-state index in [0.717, 1.165) is 24.3 Å². The van der Waals surface area contributed by atoms with Crippen molar-refractivity contribution in [1.29, 1.82) is 0 Å². The van der Waals surface area contributed by atoms with Gasteiger partial charge in [-0.1, -0.05) is 0 Å². The Morgan fingerprint density at radius 3 is 2.16 bits per heavy atom. The highest BCUT2D eigenvalue weighted by Crippen LogP contribution is 2.29. The van der Waals surface area contributed by atoms with Gasteiger partial charge in [0.05, 0.1) is 18.2 Å². The van der Waals surface area contributed by atoms with Crippen LogP contribution in [-0.2, 0) is 18.0 Å². The second-order valence-corrected chi connectivity index (χ2v) is 7.24. The van der Waals surface area contributed by atoms with Crippen LogP contribution in [-0.4, -0.2) is 46.8 Å². The maximum Gasteiger partial charge on any atom is 0.416 e. The van der Waals surface area contributed by atoms with E-state index >= 15 is 0 Å². The molecule has 1 aromatic carbocycles. The molecule has 0 aliphatic rings. The molecule has 0 radical (unpaired) electrons. The van der Waals surface area contributed by atoms with Crippen molar-refractivity contribution >= 4 is 17.7 Å². The predicted octanol–water partition coefficient (Wildman–Crippen LogP) is 4.18. The van der Waals surface area contributed by atoms with Crippen LogP contribution in [0.15, 0.2) is 24.3 Å². The molecule has 2 aromatic rings. The van der Waals surface area contributed by atoms with Crippen molar-refractivity contribution < 1.29 is 32.3 Å². The maximum atomic E-state index is 13.2. The summed E-state index contributed by atoms with van der Waals surface area (Å²) >= 11 is 0. The van der Waals surface area contributed by atoms with Crippen molar-refractivity contribution in [1.82, 2.24) is 9.47 Å². The van der Waals surface area contributed by atoms with Crippen LogP contribution in [0.3, 0.4) is 0 Å². The number of hydrogen-bond donors (Lipinski definition) is 0. The Morgan fingerprint density at radius 2 is 1.68 bits per heavy atom. The van der Waals surface area contributed by atoms with Gasteiger partial charge in [0.2, 0.25) is 0 Å². The van der Waals surface area contributed by atoms with E-state index in [4.69, 9.17) is 4.74 Å². The molecule has 1 aromatic heterocycles. The van der Waals surface area contributed by atoms with Crippen LogP contribution in [0.25, 0.3) is 0 Å². The lowest BCUT2D eigenvalue weighted by Gasteiger charge is -2.24. The Morgan fingerprint density at radius 1 is 1.13 bits per heavy atom. The van der Waals surface area contributed by atoms with E-state index in [9.17, 15) is 27.6 Å². The zero-order valence-electron chi connectivity index (χ0n) is 18.3. The summed E-state index contributed by atoms with van der Waals surface area (Å²) in [4.78, 5) is 39.4. The van der Waals surface area contributed by atoms with Gasteiger partial charge < -0.3 is 14.2 Å². The lowest BCUT2D eigenvalue weighted by Crippen LogP contribution is -2.40. The number of ether oxygens (including phenoxy) is 1. The third kappa shape index (κ3) is 4.65. The van der Waals surface area contributed by atoms with Gasteiger partial charge in [-0.3, -0.25) is 9.59 Å². The first-order valence-electron chi connectivity index (χ1n) is 9.64. The predicted molar refractivity (Wildman–Crippen MR) is 108 cm³/mol. The van der Waals surface area contributed by atoms with Gasteiger partial charge in [0.25, 0.3) is 5.91 Å². The molecule has 1 unspecified atom stereocenters. The molecule has 0 spiro atoms. The van der Waals surface area contributed by atoms with E-state index in [0.29, 0.717) is 16.8 Å². The van der Waals surface area contributed by atoms with E-state index in [-0.39, 0.29) is 23.6 Å². The number of carbonyl (C=O) groups is 3. The summed E-state index contributed by atoms with van der Waals surface area (Å²) in [5.74, 6) is -1.53. The second-order valence-electron chi connectivity index (χ2n) is 7.24. The van der Waals surface area contributed by atoms with E-state index in [1.807, 2.05) is 0 Å². The fraction of sp³-hybridized carbons (Fsp3) is 0.409. The highest BCUT2D eigenvalue weighted by molar-refractivity contribution is 6.07. The Labute approximate surface area is 178 Å². The molecule has 0 N–H and O–H groups in total. The van der Waals surface area contributed by atoms with Gasteiger partial charge in [0.1, 0.15) is 5.69 Å². The van der Waals surface area contributed by atoms with Gasteiger partial charge in [-0.25, -0.2) is 4.79 Å². The third-order valence-electron chi connectivity index (χ3n) is 5.39. The quantitative estimate of drug-likeness (QED) is 0.501. The molecular formula is C22H25F3N2O4. The Hall–Kier alpha value is -3.10. The van der Waals surface area contributed by atoms with E-state index in [1.165, 1.54) is 18.9 Å². The largest absolute Gasteiger partial charge is 0.461 e. The van der Waals surface area contributed by atoms with E-state index < -0.39 is 29.7 Å². The van der Waals surface area contributed by atoms with Crippen molar-refractivity contribution in [2.45, 2.75) is 39.9 Å². The van der Waals surface area contributed by atoms with Crippen molar-refractivity contribution in [3.8, 4) is 0 Å². The van der Waals surface area contributed by atoms with Crippen LogP contribution in [0, 0.1) is 13.8 Å². The second kappa shape index (κ2) is 8.95. The summed E-state index contributed by atoms with van der Waals surface area (Å²) < 4.78 is 44.9. The van der Waals surface area contributed by atoms with Gasteiger partial charge in [-0.2, -0.15) is 13.2 Å². The molecular weight excluding hydrogens is 413 g/mol. The molecule has 0 aliphatic carbocycles. The van der Waals surface area contributed by atoms with Crippen molar-refractivity contribution in [3.63, 3.8) is 0 Å². The van der Waals surface area contributed by atoms with Crippen LogP contribution in [0.5, 0.6) is 0 Å². The molecule has 9 heteroatoms. The van der Waals surface area contributed by atoms with Crippen LogP contribution in [0.2, 0.25) is 0 Å². The average Bonchev–Trinajstić information content (AvgIpc) is 2.93. The molecule has 1 heterocycles. The number of rotatable bonds is 6. The number of esters is 1. The van der Waals surface area contributed by atoms with Crippen LogP contribution >= 0.6 is 0 Å². The highest BCUT2D eigenvalue weighted by atomic mass is 19.4. The highest BCUT2D eigenvalue weighted by Gasteiger charge is 2.33. The van der Waals surface area contributed by atoms with Gasteiger partial charge in [-0.15, -0.1) is 0 Å². The monoisotopic (exact) mass is 438 g/mol. The molecule has 2 rings (SSSR count). The summed E-state index contributed by atoms with van der Waals surface area (Å²) in [6.45, 7) is 6.72. The standard InChI is InChI=1S/C22H25F3N2O4/c1-7-31-21(30)18-12(2)17(13(3)26(18)5)19(28)14(4)27(6)20(29)15-8-10-16(11-9-15)22(23,24)25/h8-11,14H,7H2,1-6H3. The number of benzene rings is 1. The van der Waals surface area contributed by atoms with Gasteiger partial charge in [0, 0.05) is 30.9 Å². The lowest BCUT2D eigenvalue weighted by atomic mass is 9.99. The molecule has 168 valence electrons. The van der Waals surface area contributed by atoms with Crippen molar-refractivity contribution in [2.75, 3.05) is 13.7 Å². The minimum Gasteiger partial charge on any atom is -0.461 e. The average molecular weight is 438 g/mol. The minimum atomic E-state index is -4.50. The molecule has 1 atom stereocenters. The molecule has 0 saturated heterocycles. The lowest BCUT2D eigenvalue weighted by molar-refractivity contribution is -0.137. The number of likely N-dealkylation sites (N-methyl/N-ethyl adjacent to an activating group) is 1. The summed E-state index contributed by atoms with van der Waals surface area (Å²) in [6, 6.07) is 2.90. The zero-order valence-corrected chi connectivity index (χ0v) is 18.3.